The van der Waals surface area contributed by atoms with E-state index in [1.807, 2.05) is 35.2 Å². The molecule has 0 bridgehead atoms. The molecule has 0 radical (unpaired) electrons. The quantitative estimate of drug-likeness (QED) is 0.582. The molecular weight excluding hydrogens is 457 g/mol. The lowest BCUT2D eigenvalue weighted by Gasteiger charge is -2.41. The van der Waals surface area contributed by atoms with Crippen molar-refractivity contribution in [2.24, 2.45) is 11.1 Å². The minimum atomic E-state index is -3.97. The fourth-order valence-electron chi connectivity index (χ4n) is 3.85. The van der Waals surface area contributed by atoms with E-state index in [0.717, 1.165) is 11.3 Å². The number of aliphatic carboxylic acids is 1. The van der Waals surface area contributed by atoms with Gasteiger partial charge < -0.3 is 15.7 Å². The van der Waals surface area contributed by atoms with Crippen molar-refractivity contribution in [1.29, 1.82) is 0 Å². The third-order valence-corrected chi connectivity index (χ3v) is 8.33. The molecule has 2 aromatic rings. The van der Waals surface area contributed by atoms with E-state index < -0.39 is 32.7 Å². The fraction of sp³-hybridized carbons (Fsp3) is 0.400. The van der Waals surface area contributed by atoms with E-state index in [0.29, 0.717) is 13.1 Å². The summed E-state index contributed by atoms with van der Waals surface area (Å²) >= 11 is 0. The lowest BCUT2D eigenvalue weighted by atomic mass is 9.71. The highest BCUT2D eigenvalue weighted by Gasteiger charge is 2.52. The average molecular weight is 488 g/mol. The van der Waals surface area contributed by atoms with Crippen LogP contribution in [-0.2, 0) is 14.8 Å². The van der Waals surface area contributed by atoms with Crippen molar-refractivity contribution < 1.29 is 22.7 Å². The van der Waals surface area contributed by atoms with Crippen molar-refractivity contribution in [2.75, 3.05) is 36.8 Å². The van der Waals surface area contributed by atoms with Crippen molar-refractivity contribution in [2.45, 2.75) is 25.8 Å². The van der Waals surface area contributed by atoms with Crippen LogP contribution in [-0.4, -0.2) is 61.3 Å². The number of benzene rings is 2. The highest BCUT2D eigenvalue weighted by Crippen LogP contribution is 2.35. The summed E-state index contributed by atoms with van der Waals surface area (Å²) < 4.78 is 40.9. The summed E-state index contributed by atoms with van der Waals surface area (Å²) in [7, 11) is -3.97. The molecule has 3 rings (SSSR count). The van der Waals surface area contributed by atoms with E-state index in [2.05, 4.69) is 11.8 Å². The number of hydrogen-bond acceptors (Lipinski definition) is 5. The Bertz CT molecular complexity index is 1170. The zero-order chi connectivity index (χ0) is 25.0. The molecule has 0 spiro atoms. The van der Waals surface area contributed by atoms with Gasteiger partial charge in [-0.25, -0.2) is 12.8 Å². The van der Waals surface area contributed by atoms with Gasteiger partial charge in [-0.1, -0.05) is 43.9 Å². The zero-order valence-electron chi connectivity index (χ0n) is 19.4. The summed E-state index contributed by atoms with van der Waals surface area (Å²) in [4.78, 5) is 14.2. The van der Waals surface area contributed by atoms with Crippen molar-refractivity contribution in [3.8, 4) is 11.8 Å². The van der Waals surface area contributed by atoms with Crippen molar-refractivity contribution >= 4 is 21.7 Å². The molecule has 1 aliphatic rings. The number of sulfonamides is 1. The summed E-state index contributed by atoms with van der Waals surface area (Å²) in [6.45, 7) is 4.43. The van der Waals surface area contributed by atoms with Gasteiger partial charge in [0.1, 0.15) is 11.4 Å². The van der Waals surface area contributed by atoms with Crippen LogP contribution >= 0.6 is 0 Å². The number of halogens is 1. The summed E-state index contributed by atoms with van der Waals surface area (Å²) in [5, 5.41) is 9.96. The monoisotopic (exact) mass is 487 g/mol. The Morgan fingerprint density at radius 1 is 1.06 bits per heavy atom. The summed E-state index contributed by atoms with van der Waals surface area (Å²) in [5.74, 6) is 3.48. The van der Waals surface area contributed by atoms with Crippen LogP contribution in [0.1, 0.15) is 25.8 Å². The van der Waals surface area contributed by atoms with Gasteiger partial charge in [-0.05, 0) is 36.4 Å². The molecular formula is C25H30FN3O4S. The Kier molecular flexibility index (Phi) is 7.66. The van der Waals surface area contributed by atoms with Crippen LogP contribution in [0.15, 0.2) is 54.6 Å². The van der Waals surface area contributed by atoms with Gasteiger partial charge in [-0.15, -0.1) is 0 Å². The molecule has 3 N–H and O–H groups in total. The van der Waals surface area contributed by atoms with E-state index in [-0.39, 0.29) is 25.3 Å². The molecule has 2 aromatic carbocycles. The second-order valence-electron chi connectivity index (χ2n) is 9.12. The molecule has 1 heterocycles. The number of rotatable bonds is 7. The first-order chi connectivity index (χ1) is 15.9. The van der Waals surface area contributed by atoms with Crippen molar-refractivity contribution in [3.05, 3.63) is 66.0 Å². The minimum Gasteiger partial charge on any atom is -0.480 e. The fourth-order valence-corrected chi connectivity index (χ4v) is 5.84. The SMILES string of the molecule is CC(C)(CC#Cc1ccccc1)C(N)(CS(=O)(=O)N1CCN(c2ccc(F)cc2)CC1)C(=O)O. The smallest absolute Gasteiger partial charge is 0.325 e. The number of piperazine rings is 1. The molecule has 0 aromatic heterocycles. The molecule has 1 saturated heterocycles. The lowest BCUT2D eigenvalue weighted by molar-refractivity contribution is -0.146. The number of anilines is 1. The van der Waals surface area contributed by atoms with Gasteiger partial charge in [-0.2, -0.15) is 4.31 Å². The predicted octanol–water partition coefficient (Wildman–Crippen LogP) is 2.53. The van der Waals surface area contributed by atoms with E-state index in [4.69, 9.17) is 5.73 Å². The van der Waals surface area contributed by atoms with Gasteiger partial charge in [0.15, 0.2) is 0 Å². The van der Waals surface area contributed by atoms with Crippen LogP contribution in [0.25, 0.3) is 0 Å². The molecule has 1 unspecified atom stereocenters. The molecule has 1 atom stereocenters. The normalized spacial score (nSPS) is 16.9. The van der Waals surface area contributed by atoms with Crippen molar-refractivity contribution in [3.63, 3.8) is 0 Å². The van der Waals surface area contributed by atoms with Crippen LogP contribution in [0, 0.1) is 23.1 Å². The Morgan fingerprint density at radius 3 is 2.21 bits per heavy atom. The standard InChI is InChI=1S/C25H30FN3O4S/c1-24(2,14-6-9-20-7-4-3-5-8-20)25(27,23(30)31)19-34(32,33)29-17-15-28(16-18-29)22-12-10-21(26)11-13-22/h3-5,7-8,10-13H,14-19,27H2,1-2H3,(H,30,31). The molecule has 182 valence electrons. The van der Waals surface area contributed by atoms with Gasteiger partial charge in [0.2, 0.25) is 10.0 Å². The first-order valence-electron chi connectivity index (χ1n) is 11.0. The Morgan fingerprint density at radius 2 is 1.65 bits per heavy atom. The summed E-state index contributed by atoms with van der Waals surface area (Å²) in [6, 6.07) is 15.3. The second-order valence-corrected chi connectivity index (χ2v) is 11.1. The van der Waals surface area contributed by atoms with E-state index in [9.17, 15) is 22.7 Å². The average Bonchev–Trinajstić information content (AvgIpc) is 2.80. The van der Waals surface area contributed by atoms with Gasteiger partial charge in [0, 0.05) is 49.3 Å². The number of nitrogens with two attached hydrogens (primary N) is 1. The predicted molar refractivity (Wildman–Crippen MR) is 130 cm³/mol. The highest BCUT2D eigenvalue weighted by atomic mass is 32.2. The number of carbonyl (C=O) groups is 1. The first-order valence-corrected chi connectivity index (χ1v) is 12.6. The number of hydrogen-bond donors (Lipinski definition) is 2. The molecule has 1 aliphatic heterocycles. The van der Waals surface area contributed by atoms with E-state index >= 15 is 0 Å². The van der Waals surface area contributed by atoms with E-state index in [1.165, 1.54) is 16.4 Å². The third-order valence-electron chi connectivity index (χ3n) is 6.36. The number of carboxylic acid groups (broad SMARTS) is 1. The molecule has 0 saturated carbocycles. The van der Waals surface area contributed by atoms with Gasteiger partial charge >= 0.3 is 5.97 Å². The molecule has 0 amide bonds. The Labute approximate surface area is 200 Å². The topological polar surface area (TPSA) is 104 Å². The molecule has 7 nitrogen and oxygen atoms in total. The van der Waals surface area contributed by atoms with Crippen LogP contribution in [0.3, 0.4) is 0 Å². The summed E-state index contributed by atoms with van der Waals surface area (Å²) in [6.07, 6.45) is 0.110. The highest BCUT2D eigenvalue weighted by molar-refractivity contribution is 7.89. The minimum absolute atomic E-state index is 0.110. The zero-order valence-corrected chi connectivity index (χ0v) is 20.2. The van der Waals surface area contributed by atoms with Crippen LogP contribution in [0.2, 0.25) is 0 Å². The number of nitrogens with zero attached hydrogens (tertiary/aromatic N) is 2. The lowest BCUT2D eigenvalue weighted by Crippen LogP contribution is -2.64. The van der Waals surface area contributed by atoms with Crippen molar-refractivity contribution in [1.82, 2.24) is 4.31 Å². The molecule has 9 heteroatoms. The maximum atomic E-state index is 13.2. The molecule has 1 fully saturated rings. The van der Waals surface area contributed by atoms with Crippen LogP contribution < -0.4 is 10.6 Å². The maximum Gasteiger partial charge on any atom is 0.325 e. The van der Waals surface area contributed by atoms with Gasteiger partial charge in [-0.3, -0.25) is 4.79 Å². The van der Waals surface area contributed by atoms with Crippen LogP contribution in [0.5, 0.6) is 0 Å². The Balaban J connectivity index is 1.71. The van der Waals surface area contributed by atoms with Crippen LogP contribution in [0.4, 0.5) is 10.1 Å². The first kappa shape index (κ1) is 25.7. The largest absolute Gasteiger partial charge is 0.480 e. The number of carboxylic acids is 1. The van der Waals surface area contributed by atoms with Gasteiger partial charge in [0.25, 0.3) is 0 Å². The Hall–Kier alpha value is -2.93. The summed E-state index contributed by atoms with van der Waals surface area (Å²) in [5.41, 5.74) is 4.73. The maximum absolute atomic E-state index is 13.2. The molecule has 0 aliphatic carbocycles. The second kappa shape index (κ2) is 10.1. The third kappa shape index (κ3) is 5.76. The molecule has 34 heavy (non-hydrogen) atoms. The van der Waals surface area contributed by atoms with Gasteiger partial charge in [0.05, 0.1) is 5.75 Å². The van der Waals surface area contributed by atoms with E-state index in [1.54, 1.807) is 26.0 Å².